The Labute approximate surface area is 113 Å². The van der Waals surface area contributed by atoms with Crippen molar-refractivity contribution in [1.82, 2.24) is 0 Å². The van der Waals surface area contributed by atoms with Crippen LogP contribution >= 0.6 is 0 Å². The lowest BCUT2D eigenvalue weighted by Gasteiger charge is -2.31. The lowest BCUT2D eigenvalue weighted by Crippen LogP contribution is -2.44. The SMILES string of the molecule is CCC(=O)C1CCCN(c2ccc(OC)cc2)C1=O. The van der Waals surface area contributed by atoms with Gasteiger partial charge in [-0.1, -0.05) is 6.92 Å². The van der Waals surface area contributed by atoms with Gasteiger partial charge >= 0.3 is 0 Å². The lowest BCUT2D eigenvalue weighted by molar-refractivity contribution is -0.133. The summed E-state index contributed by atoms with van der Waals surface area (Å²) < 4.78 is 5.10. The van der Waals surface area contributed by atoms with E-state index >= 15 is 0 Å². The van der Waals surface area contributed by atoms with Crippen molar-refractivity contribution in [3.8, 4) is 5.75 Å². The predicted molar refractivity (Wildman–Crippen MR) is 73.4 cm³/mol. The largest absolute Gasteiger partial charge is 0.497 e. The molecule has 1 unspecified atom stereocenters. The fourth-order valence-electron chi connectivity index (χ4n) is 2.44. The molecule has 0 spiro atoms. The van der Waals surface area contributed by atoms with E-state index in [2.05, 4.69) is 0 Å². The first-order chi connectivity index (χ1) is 9.17. The van der Waals surface area contributed by atoms with Crippen molar-refractivity contribution in [3.05, 3.63) is 24.3 Å². The zero-order chi connectivity index (χ0) is 13.8. The molecule has 0 bridgehead atoms. The smallest absolute Gasteiger partial charge is 0.237 e. The van der Waals surface area contributed by atoms with Gasteiger partial charge in [-0.2, -0.15) is 0 Å². The molecule has 0 aliphatic carbocycles. The topological polar surface area (TPSA) is 46.6 Å². The number of methoxy groups -OCH3 is 1. The molecule has 1 aromatic carbocycles. The minimum absolute atomic E-state index is 0.0446. The number of nitrogens with zero attached hydrogens (tertiary/aromatic N) is 1. The van der Waals surface area contributed by atoms with Gasteiger partial charge in [0.2, 0.25) is 5.91 Å². The molecule has 1 fully saturated rings. The molecule has 4 heteroatoms. The monoisotopic (exact) mass is 261 g/mol. The highest BCUT2D eigenvalue weighted by Gasteiger charge is 2.33. The van der Waals surface area contributed by atoms with Crippen LogP contribution in [0.15, 0.2) is 24.3 Å². The van der Waals surface area contributed by atoms with Gasteiger partial charge in [-0.05, 0) is 37.1 Å². The molecule has 1 amide bonds. The standard InChI is InChI=1S/C15H19NO3/c1-3-14(17)13-5-4-10-16(15(13)18)11-6-8-12(19-2)9-7-11/h6-9,13H,3-5,10H2,1-2H3. The molecule has 4 nitrogen and oxygen atoms in total. The van der Waals surface area contributed by atoms with Crippen LogP contribution in [0.25, 0.3) is 0 Å². The maximum atomic E-state index is 12.4. The van der Waals surface area contributed by atoms with Crippen molar-refractivity contribution in [3.63, 3.8) is 0 Å². The summed E-state index contributed by atoms with van der Waals surface area (Å²) in [6.07, 6.45) is 1.97. The molecule has 1 aliphatic rings. The zero-order valence-electron chi connectivity index (χ0n) is 11.4. The van der Waals surface area contributed by atoms with Crippen molar-refractivity contribution in [1.29, 1.82) is 0 Å². The number of hydrogen-bond acceptors (Lipinski definition) is 3. The average Bonchev–Trinajstić information content (AvgIpc) is 2.47. The lowest BCUT2D eigenvalue weighted by atomic mass is 9.91. The molecule has 0 saturated carbocycles. The van der Waals surface area contributed by atoms with Gasteiger partial charge in [0.05, 0.1) is 13.0 Å². The van der Waals surface area contributed by atoms with E-state index in [-0.39, 0.29) is 11.7 Å². The second-order valence-electron chi connectivity index (χ2n) is 4.70. The first kappa shape index (κ1) is 13.6. The number of rotatable bonds is 4. The van der Waals surface area contributed by atoms with E-state index in [0.29, 0.717) is 19.4 Å². The molecule has 1 aliphatic heterocycles. The van der Waals surface area contributed by atoms with E-state index < -0.39 is 5.92 Å². The number of carbonyl (C=O) groups excluding carboxylic acids is 2. The van der Waals surface area contributed by atoms with Gasteiger partial charge in [0, 0.05) is 18.7 Å². The van der Waals surface area contributed by atoms with Crippen LogP contribution in [0.5, 0.6) is 5.75 Å². The number of amides is 1. The fraction of sp³-hybridized carbons (Fsp3) is 0.467. The van der Waals surface area contributed by atoms with Crippen LogP contribution < -0.4 is 9.64 Å². The second-order valence-corrected chi connectivity index (χ2v) is 4.70. The van der Waals surface area contributed by atoms with Gasteiger partial charge in [0.25, 0.3) is 0 Å². The predicted octanol–water partition coefficient (Wildman–Crippen LogP) is 2.42. The van der Waals surface area contributed by atoms with E-state index in [1.54, 1.807) is 12.0 Å². The van der Waals surface area contributed by atoms with Gasteiger partial charge in [0.1, 0.15) is 11.5 Å². The normalized spacial score (nSPS) is 19.4. The third-order valence-corrected chi connectivity index (χ3v) is 3.56. The van der Waals surface area contributed by atoms with Crippen molar-refractivity contribution in [2.24, 2.45) is 5.92 Å². The molecule has 0 N–H and O–H groups in total. The Morgan fingerprint density at radius 3 is 2.63 bits per heavy atom. The zero-order valence-corrected chi connectivity index (χ0v) is 11.4. The summed E-state index contributed by atoms with van der Waals surface area (Å²) in [5.41, 5.74) is 0.833. The number of carbonyl (C=O) groups is 2. The number of Topliss-reactive ketones (excluding diaryl/α,β-unsaturated/α-hetero) is 1. The third-order valence-electron chi connectivity index (χ3n) is 3.56. The van der Waals surface area contributed by atoms with Crippen LogP contribution in [0.4, 0.5) is 5.69 Å². The van der Waals surface area contributed by atoms with Gasteiger partial charge in [-0.15, -0.1) is 0 Å². The maximum absolute atomic E-state index is 12.4. The quantitative estimate of drug-likeness (QED) is 0.782. The maximum Gasteiger partial charge on any atom is 0.237 e. The van der Waals surface area contributed by atoms with E-state index in [1.165, 1.54) is 0 Å². The molecule has 0 radical (unpaired) electrons. The number of hydrogen-bond donors (Lipinski definition) is 0. The van der Waals surface area contributed by atoms with Gasteiger partial charge < -0.3 is 9.64 Å². The van der Waals surface area contributed by atoms with Crippen molar-refractivity contribution < 1.29 is 14.3 Å². The number of ether oxygens (including phenoxy) is 1. The molecule has 1 atom stereocenters. The molecule has 1 aromatic rings. The Hall–Kier alpha value is -1.84. The summed E-state index contributed by atoms with van der Waals surface area (Å²) in [4.78, 5) is 25.9. The summed E-state index contributed by atoms with van der Waals surface area (Å²) in [6, 6.07) is 7.37. The van der Waals surface area contributed by atoms with E-state index in [1.807, 2.05) is 31.2 Å². The molecule has 19 heavy (non-hydrogen) atoms. The Kier molecular flexibility index (Phi) is 4.20. The molecule has 102 valence electrons. The first-order valence-electron chi connectivity index (χ1n) is 6.65. The summed E-state index contributed by atoms with van der Waals surface area (Å²) in [7, 11) is 1.61. The van der Waals surface area contributed by atoms with Crippen LogP contribution in [-0.4, -0.2) is 25.3 Å². The van der Waals surface area contributed by atoms with E-state index in [4.69, 9.17) is 4.74 Å². The Balaban J connectivity index is 2.18. The summed E-state index contributed by atoms with van der Waals surface area (Å²) >= 11 is 0. The van der Waals surface area contributed by atoms with Gasteiger partial charge in [-0.3, -0.25) is 9.59 Å². The number of anilines is 1. The average molecular weight is 261 g/mol. The highest BCUT2D eigenvalue weighted by molar-refractivity contribution is 6.08. The number of piperidine rings is 1. The van der Waals surface area contributed by atoms with Gasteiger partial charge in [-0.25, -0.2) is 0 Å². The van der Waals surface area contributed by atoms with Crippen LogP contribution in [0.1, 0.15) is 26.2 Å². The molecule has 1 heterocycles. The van der Waals surface area contributed by atoms with Crippen LogP contribution in [0.3, 0.4) is 0 Å². The van der Waals surface area contributed by atoms with Crippen molar-refractivity contribution in [2.75, 3.05) is 18.6 Å². The third kappa shape index (κ3) is 2.78. The summed E-state index contributed by atoms with van der Waals surface area (Å²) in [6.45, 7) is 2.49. The molecular weight excluding hydrogens is 242 g/mol. The first-order valence-corrected chi connectivity index (χ1v) is 6.65. The van der Waals surface area contributed by atoms with Crippen molar-refractivity contribution in [2.45, 2.75) is 26.2 Å². The molecular formula is C15H19NO3. The number of ketones is 1. The summed E-state index contributed by atoms with van der Waals surface area (Å²) in [5, 5.41) is 0. The van der Waals surface area contributed by atoms with Crippen LogP contribution in [0.2, 0.25) is 0 Å². The van der Waals surface area contributed by atoms with Crippen molar-refractivity contribution >= 4 is 17.4 Å². The molecule has 2 rings (SSSR count). The van der Waals surface area contributed by atoms with Crippen LogP contribution in [-0.2, 0) is 9.59 Å². The minimum atomic E-state index is -0.458. The Morgan fingerprint density at radius 1 is 1.37 bits per heavy atom. The summed E-state index contributed by atoms with van der Waals surface area (Å²) in [5.74, 6) is 0.279. The fourth-order valence-corrected chi connectivity index (χ4v) is 2.44. The van der Waals surface area contributed by atoms with Crippen LogP contribution in [0, 0.1) is 5.92 Å². The Morgan fingerprint density at radius 2 is 2.05 bits per heavy atom. The number of benzene rings is 1. The highest BCUT2D eigenvalue weighted by atomic mass is 16.5. The highest BCUT2D eigenvalue weighted by Crippen LogP contribution is 2.27. The van der Waals surface area contributed by atoms with E-state index in [9.17, 15) is 9.59 Å². The second kappa shape index (κ2) is 5.87. The molecule has 1 saturated heterocycles. The van der Waals surface area contributed by atoms with Gasteiger partial charge in [0.15, 0.2) is 0 Å². The Bertz CT molecular complexity index is 467. The minimum Gasteiger partial charge on any atom is -0.497 e. The molecule has 0 aromatic heterocycles. The van der Waals surface area contributed by atoms with E-state index in [0.717, 1.165) is 17.9 Å².